The molecule has 14 heavy (non-hydrogen) atoms. The third-order valence-electron chi connectivity index (χ3n) is 1.55. The van der Waals surface area contributed by atoms with Crippen LogP contribution >= 0.6 is 11.8 Å². The summed E-state index contributed by atoms with van der Waals surface area (Å²) < 4.78 is 0. The summed E-state index contributed by atoms with van der Waals surface area (Å²) in [7, 11) is 0. The van der Waals surface area contributed by atoms with Crippen molar-refractivity contribution in [3.63, 3.8) is 0 Å². The molecule has 1 unspecified atom stereocenters. The van der Waals surface area contributed by atoms with Crippen LogP contribution in [0.4, 0.5) is 0 Å². The van der Waals surface area contributed by atoms with E-state index < -0.39 is 12.0 Å². The van der Waals surface area contributed by atoms with Crippen LogP contribution in [-0.2, 0) is 9.59 Å². The molecule has 0 aromatic rings. The lowest BCUT2D eigenvalue weighted by Gasteiger charge is -2.09. The first-order chi connectivity index (χ1) is 6.72. The number of unbranched alkanes of at least 4 members (excludes halogenated alkanes) is 1. The molecule has 0 spiro atoms. The summed E-state index contributed by atoms with van der Waals surface area (Å²) in [4.78, 5) is 20.6. The molecule has 0 aromatic carbocycles. The molecule has 3 N–H and O–H groups in total. The summed E-state index contributed by atoms with van der Waals surface area (Å²) in [6.45, 7) is 0.162. The van der Waals surface area contributed by atoms with Gasteiger partial charge in [0.1, 0.15) is 6.04 Å². The van der Waals surface area contributed by atoms with Crippen LogP contribution in [0, 0.1) is 0 Å². The maximum absolute atomic E-state index is 10.5. The second kappa shape index (κ2) is 8.83. The van der Waals surface area contributed by atoms with E-state index in [1.165, 1.54) is 11.8 Å². The number of hydrogen-bond donors (Lipinski definition) is 3. The molecular weight excluding hydrogens is 206 g/mol. The van der Waals surface area contributed by atoms with Crippen LogP contribution < -0.4 is 5.32 Å². The van der Waals surface area contributed by atoms with Crippen LogP contribution in [0.5, 0.6) is 0 Å². The second-order valence-electron chi connectivity index (χ2n) is 2.68. The lowest BCUT2D eigenvalue weighted by atomic mass is 10.3. The number of amides is 1. The van der Waals surface area contributed by atoms with Gasteiger partial charge in [-0.05, 0) is 18.6 Å². The molecule has 0 aliphatic heterocycles. The fourth-order valence-corrected chi connectivity index (χ4v) is 1.84. The Hall–Kier alpha value is -0.750. The van der Waals surface area contributed by atoms with Gasteiger partial charge >= 0.3 is 5.97 Å². The summed E-state index contributed by atoms with van der Waals surface area (Å²) in [6.07, 6.45) is 1.98. The van der Waals surface area contributed by atoms with E-state index in [2.05, 4.69) is 5.32 Å². The highest BCUT2D eigenvalue weighted by Crippen LogP contribution is 2.06. The summed E-state index contributed by atoms with van der Waals surface area (Å²) >= 11 is 1.46. The molecule has 0 aromatic heterocycles. The Morgan fingerprint density at radius 2 is 2.21 bits per heavy atom. The predicted octanol–water partition coefficient (Wildman–Crippen LogP) is -0.309. The third-order valence-corrected chi connectivity index (χ3v) is 2.70. The average molecular weight is 221 g/mol. The molecule has 1 amide bonds. The molecule has 0 saturated heterocycles. The van der Waals surface area contributed by atoms with Gasteiger partial charge in [0.05, 0.1) is 0 Å². The number of carbonyl (C=O) groups excluding carboxylic acids is 1. The van der Waals surface area contributed by atoms with Crippen molar-refractivity contribution in [1.82, 2.24) is 5.32 Å². The van der Waals surface area contributed by atoms with Gasteiger partial charge in [0.15, 0.2) is 0 Å². The fourth-order valence-electron chi connectivity index (χ4n) is 0.790. The summed E-state index contributed by atoms with van der Waals surface area (Å²) in [6, 6.07) is -0.813. The lowest BCUT2D eigenvalue weighted by molar-refractivity contribution is -0.139. The van der Waals surface area contributed by atoms with Crippen LogP contribution in [0.1, 0.15) is 12.8 Å². The standard InChI is InChI=1S/C8H15NO4S/c10-3-1-2-4-14-5-7(8(12)13)9-6-11/h6-7,10H,1-5H2,(H,9,11)(H,12,13). The van der Waals surface area contributed by atoms with Crippen molar-refractivity contribution in [1.29, 1.82) is 0 Å². The second-order valence-corrected chi connectivity index (χ2v) is 3.83. The first kappa shape index (κ1) is 13.2. The van der Waals surface area contributed by atoms with E-state index in [4.69, 9.17) is 10.2 Å². The monoisotopic (exact) mass is 221 g/mol. The molecule has 82 valence electrons. The highest BCUT2D eigenvalue weighted by atomic mass is 32.2. The minimum Gasteiger partial charge on any atom is -0.480 e. The van der Waals surface area contributed by atoms with Gasteiger partial charge in [-0.3, -0.25) is 4.79 Å². The molecule has 0 fully saturated rings. The number of carboxylic acids is 1. The van der Waals surface area contributed by atoms with Crippen LogP contribution in [0.2, 0.25) is 0 Å². The van der Waals surface area contributed by atoms with Gasteiger partial charge in [0.25, 0.3) is 0 Å². The summed E-state index contributed by atoms with van der Waals surface area (Å²) in [5.74, 6) is 0.136. The maximum Gasteiger partial charge on any atom is 0.327 e. The maximum atomic E-state index is 10.5. The Labute approximate surface area is 86.9 Å². The fraction of sp³-hybridized carbons (Fsp3) is 0.750. The van der Waals surface area contributed by atoms with E-state index in [0.717, 1.165) is 18.6 Å². The van der Waals surface area contributed by atoms with Crippen molar-refractivity contribution in [2.45, 2.75) is 18.9 Å². The molecule has 6 heteroatoms. The smallest absolute Gasteiger partial charge is 0.327 e. The highest BCUT2D eigenvalue weighted by molar-refractivity contribution is 7.99. The Balaban J connectivity index is 3.50. The quantitative estimate of drug-likeness (QED) is 0.367. The van der Waals surface area contributed by atoms with E-state index in [9.17, 15) is 9.59 Å². The molecular formula is C8H15NO4S. The largest absolute Gasteiger partial charge is 0.480 e. The molecule has 0 aliphatic rings. The number of hydrogen-bond acceptors (Lipinski definition) is 4. The number of rotatable bonds is 9. The van der Waals surface area contributed by atoms with Crippen molar-refractivity contribution in [3.8, 4) is 0 Å². The van der Waals surface area contributed by atoms with Crippen LogP contribution in [0.15, 0.2) is 0 Å². The average Bonchev–Trinajstić information content (AvgIpc) is 2.15. The highest BCUT2D eigenvalue weighted by Gasteiger charge is 2.15. The first-order valence-corrected chi connectivity index (χ1v) is 5.49. The zero-order valence-corrected chi connectivity index (χ0v) is 8.63. The topological polar surface area (TPSA) is 86.6 Å². The summed E-state index contributed by atoms with van der Waals surface area (Å²) in [5, 5.41) is 19.3. The Bertz CT molecular complexity index is 177. The molecule has 1 atom stereocenters. The Morgan fingerprint density at radius 3 is 2.71 bits per heavy atom. The van der Waals surface area contributed by atoms with Gasteiger partial charge in [0, 0.05) is 12.4 Å². The minimum atomic E-state index is -1.02. The zero-order valence-electron chi connectivity index (χ0n) is 7.81. The number of thioether (sulfide) groups is 1. The van der Waals surface area contributed by atoms with Crippen molar-refractivity contribution in [2.24, 2.45) is 0 Å². The summed E-state index contributed by atoms with van der Waals surface area (Å²) in [5.41, 5.74) is 0. The molecule has 0 aliphatic carbocycles. The molecule has 5 nitrogen and oxygen atoms in total. The van der Waals surface area contributed by atoms with Gasteiger partial charge in [-0.2, -0.15) is 11.8 Å². The number of carboxylic acid groups (broad SMARTS) is 1. The van der Waals surface area contributed by atoms with Crippen LogP contribution in [0.25, 0.3) is 0 Å². The van der Waals surface area contributed by atoms with Crippen LogP contribution in [0.3, 0.4) is 0 Å². The number of carbonyl (C=O) groups is 2. The van der Waals surface area contributed by atoms with Crippen molar-refractivity contribution in [2.75, 3.05) is 18.1 Å². The predicted molar refractivity (Wildman–Crippen MR) is 54.3 cm³/mol. The minimum absolute atomic E-state index is 0.162. The zero-order chi connectivity index (χ0) is 10.8. The van der Waals surface area contributed by atoms with Gasteiger partial charge in [0.2, 0.25) is 6.41 Å². The first-order valence-electron chi connectivity index (χ1n) is 4.33. The molecule has 0 rings (SSSR count). The number of nitrogens with one attached hydrogen (secondary N) is 1. The van der Waals surface area contributed by atoms with Crippen molar-refractivity contribution < 1.29 is 19.8 Å². The van der Waals surface area contributed by atoms with E-state index in [-0.39, 0.29) is 6.61 Å². The van der Waals surface area contributed by atoms with E-state index >= 15 is 0 Å². The van der Waals surface area contributed by atoms with Crippen molar-refractivity contribution >= 4 is 24.1 Å². The number of aliphatic carboxylic acids is 1. The molecule has 0 heterocycles. The number of aliphatic hydroxyl groups is 1. The van der Waals surface area contributed by atoms with Gasteiger partial charge in [-0.25, -0.2) is 4.79 Å². The van der Waals surface area contributed by atoms with E-state index in [1.54, 1.807) is 0 Å². The Kier molecular flexibility index (Phi) is 8.36. The molecule has 0 bridgehead atoms. The number of aliphatic hydroxyl groups excluding tert-OH is 1. The van der Waals surface area contributed by atoms with Gasteiger partial charge in [-0.1, -0.05) is 0 Å². The van der Waals surface area contributed by atoms with E-state index in [0.29, 0.717) is 12.2 Å². The molecule has 0 radical (unpaired) electrons. The van der Waals surface area contributed by atoms with Gasteiger partial charge in [-0.15, -0.1) is 0 Å². The lowest BCUT2D eigenvalue weighted by Crippen LogP contribution is -2.37. The van der Waals surface area contributed by atoms with Crippen LogP contribution in [-0.4, -0.2) is 46.7 Å². The third kappa shape index (κ3) is 6.73. The van der Waals surface area contributed by atoms with Crippen molar-refractivity contribution in [3.05, 3.63) is 0 Å². The SMILES string of the molecule is O=CNC(CSCCCCO)C(=O)O. The Morgan fingerprint density at radius 1 is 1.50 bits per heavy atom. The van der Waals surface area contributed by atoms with Gasteiger partial charge < -0.3 is 15.5 Å². The molecule has 0 saturated carbocycles. The normalized spacial score (nSPS) is 12.1. The van der Waals surface area contributed by atoms with E-state index in [1.807, 2.05) is 0 Å².